The number of anilines is 1. The quantitative estimate of drug-likeness (QED) is 0.440. The van der Waals surface area contributed by atoms with Crippen LogP contribution in [0.25, 0.3) is 0 Å². The van der Waals surface area contributed by atoms with Crippen molar-refractivity contribution in [2.45, 2.75) is 42.5 Å². The van der Waals surface area contributed by atoms with Crippen molar-refractivity contribution in [3.8, 4) is 0 Å². The van der Waals surface area contributed by atoms with Crippen molar-refractivity contribution >= 4 is 50.9 Å². The zero-order valence-corrected chi connectivity index (χ0v) is 22.0. The van der Waals surface area contributed by atoms with Crippen LogP contribution in [0.1, 0.15) is 17.5 Å². The van der Waals surface area contributed by atoms with Crippen molar-refractivity contribution in [3.63, 3.8) is 0 Å². The minimum Gasteiger partial charge on any atom is -0.395 e. The SMILES string of the molecule is Cc1cccc(Cl)c1NC(=O)C1N(CCO)C(=O)[C@@H]2[C@H](C(=O)NCc3ccccc3)[C@H]3OC12CC3Br. The lowest BCUT2D eigenvalue weighted by Gasteiger charge is -2.34. The average Bonchev–Trinajstić information content (AvgIpc) is 3.44. The number of aryl methyl sites for hydroxylation is 1. The normalized spacial score (nSPS) is 30.4. The fraction of sp³-hybridized carbons (Fsp3) is 0.423. The van der Waals surface area contributed by atoms with Gasteiger partial charge in [-0.3, -0.25) is 14.4 Å². The molecule has 3 fully saturated rings. The zero-order chi connectivity index (χ0) is 25.6. The van der Waals surface area contributed by atoms with Gasteiger partial charge in [0.05, 0.1) is 35.3 Å². The second-order valence-electron chi connectivity index (χ2n) is 9.54. The lowest BCUT2D eigenvalue weighted by atomic mass is 9.70. The van der Waals surface area contributed by atoms with Gasteiger partial charge in [0.2, 0.25) is 17.7 Å². The predicted octanol–water partition coefficient (Wildman–Crippen LogP) is 2.64. The van der Waals surface area contributed by atoms with Gasteiger partial charge in [-0.2, -0.15) is 0 Å². The number of para-hydroxylation sites is 1. The van der Waals surface area contributed by atoms with E-state index in [1.54, 1.807) is 12.1 Å². The number of carbonyl (C=O) groups is 3. The molecule has 3 heterocycles. The molecular formula is C26H27BrClN3O5. The fourth-order valence-electron chi connectivity index (χ4n) is 5.96. The van der Waals surface area contributed by atoms with E-state index in [1.165, 1.54) is 4.90 Å². The van der Waals surface area contributed by atoms with Gasteiger partial charge in [-0.25, -0.2) is 0 Å². The first-order valence-corrected chi connectivity index (χ1v) is 13.2. The summed E-state index contributed by atoms with van der Waals surface area (Å²) < 4.78 is 6.42. The maximum Gasteiger partial charge on any atom is 0.250 e. The number of β-amino-alcohol motifs (C(OH)–C–C–N with tert-alkyl or cyclic N) is 1. The third-order valence-corrected chi connectivity index (χ3v) is 8.62. The Labute approximate surface area is 222 Å². The van der Waals surface area contributed by atoms with Crippen molar-refractivity contribution in [2.75, 3.05) is 18.5 Å². The van der Waals surface area contributed by atoms with Gasteiger partial charge in [-0.05, 0) is 30.5 Å². The van der Waals surface area contributed by atoms with Crippen LogP contribution in [0.15, 0.2) is 48.5 Å². The summed E-state index contributed by atoms with van der Waals surface area (Å²) in [5.41, 5.74) is 0.975. The highest BCUT2D eigenvalue weighted by Crippen LogP contribution is 2.60. The number of rotatable bonds is 7. The number of carbonyl (C=O) groups excluding carboxylic acids is 3. The van der Waals surface area contributed by atoms with Crippen LogP contribution in [-0.2, 0) is 25.7 Å². The molecule has 190 valence electrons. The Hall–Kier alpha value is -2.46. The molecular weight excluding hydrogens is 550 g/mol. The molecule has 2 aromatic carbocycles. The van der Waals surface area contributed by atoms with Gasteiger partial charge >= 0.3 is 0 Å². The number of aliphatic hydroxyl groups is 1. The second kappa shape index (κ2) is 9.78. The van der Waals surface area contributed by atoms with Gasteiger partial charge in [0, 0.05) is 17.9 Å². The van der Waals surface area contributed by atoms with Gasteiger partial charge in [-0.15, -0.1) is 0 Å². The summed E-state index contributed by atoms with van der Waals surface area (Å²) in [4.78, 5) is 42.0. The van der Waals surface area contributed by atoms with Crippen LogP contribution in [0.3, 0.4) is 0 Å². The number of amides is 3. The van der Waals surface area contributed by atoms with Crippen molar-refractivity contribution in [1.29, 1.82) is 0 Å². The highest BCUT2D eigenvalue weighted by molar-refractivity contribution is 9.09. The summed E-state index contributed by atoms with van der Waals surface area (Å²) in [6.45, 7) is 1.78. The maximum atomic E-state index is 13.7. The van der Waals surface area contributed by atoms with E-state index in [0.29, 0.717) is 23.7 Å². The molecule has 3 aliphatic heterocycles. The lowest BCUT2D eigenvalue weighted by Crippen LogP contribution is -2.54. The van der Waals surface area contributed by atoms with Gasteiger partial charge in [-0.1, -0.05) is 70.0 Å². The van der Waals surface area contributed by atoms with Gasteiger partial charge < -0.3 is 25.4 Å². The molecule has 2 aromatic rings. The molecule has 0 aliphatic carbocycles. The number of halogens is 2. The van der Waals surface area contributed by atoms with E-state index in [4.69, 9.17) is 16.3 Å². The molecule has 0 radical (unpaired) electrons. The van der Waals surface area contributed by atoms with E-state index in [-0.39, 0.29) is 29.8 Å². The van der Waals surface area contributed by atoms with Crippen LogP contribution in [0.5, 0.6) is 0 Å². The summed E-state index contributed by atoms with van der Waals surface area (Å²) in [6, 6.07) is 13.8. The topological polar surface area (TPSA) is 108 Å². The number of nitrogens with zero attached hydrogens (tertiary/aromatic N) is 1. The van der Waals surface area contributed by atoms with Crippen LogP contribution >= 0.6 is 27.5 Å². The van der Waals surface area contributed by atoms with E-state index >= 15 is 0 Å². The predicted molar refractivity (Wildman–Crippen MR) is 138 cm³/mol. The first-order valence-electron chi connectivity index (χ1n) is 11.9. The molecule has 10 heteroatoms. The summed E-state index contributed by atoms with van der Waals surface area (Å²) in [7, 11) is 0. The molecule has 0 saturated carbocycles. The monoisotopic (exact) mass is 575 g/mol. The number of benzene rings is 2. The molecule has 3 amide bonds. The molecule has 5 rings (SSSR count). The maximum absolute atomic E-state index is 13.7. The third kappa shape index (κ3) is 4.02. The van der Waals surface area contributed by atoms with Crippen LogP contribution in [0, 0.1) is 18.8 Å². The highest BCUT2D eigenvalue weighted by Gasteiger charge is 2.76. The summed E-state index contributed by atoms with van der Waals surface area (Å²) >= 11 is 9.98. The molecule has 6 atom stereocenters. The fourth-order valence-corrected chi connectivity index (χ4v) is 7.17. The van der Waals surface area contributed by atoms with Crippen LogP contribution < -0.4 is 10.6 Å². The molecule has 0 aromatic heterocycles. The first-order chi connectivity index (χ1) is 17.3. The van der Waals surface area contributed by atoms with E-state index in [1.807, 2.05) is 43.3 Å². The molecule has 3 saturated heterocycles. The van der Waals surface area contributed by atoms with Crippen molar-refractivity contribution in [2.24, 2.45) is 11.8 Å². The Balaban J connectivity index is 1.46. The zero-order valence-electron chi connectivity index (χ0n) is 19.6. The van der Waals surface area contributed by atoms with Crippen molar-refractivity contribution in [3.05, 3.63) is 64.7 Å². The smallest absolute Gasteiger partial charge is 0.250 e. The summed E-state index contributed by atoms with van der Waals surface area (Å²) in [6.07, 6.45) is -0.165. The summed E-state index contributed by atoms with van der Waals surface area (Å²) in [5.74, 6) is -2.70. The highest BCUT2D eigenvalue weighted by atomic mass is 79.9. The Morgan fingerprint density at radius 3 is 2.64 bits per heavy atom. The number of alkyl halides is 1. The van der Waals surface area contributed by atoms with Crippen LogP contribution in [0.4, 0.5) is 5.69 Å². The average molecular weight is 577 g/mol. The number of fused-ring (bicyclic) bond motifs is 1. The Morgan fingerprint density at radius 1 is 1.19 bits per heavy atom. The van der Waals surface area contributed by atoms with E-state index in [0.717, 1.165) is 11.1 Å². The molecule has 3 unspecified atom stereocenters. The molecule has 3 aliphatic rings. The number of ether oxygens (including phenoxy) is 1. The van der Waals surface area contributed by atoms with Gasteiger partial charge in [0.15, 0.2) is 0 Å². The number of aliphatic hydroxyl groups excluding tert-OH is 1. The largest absolute Gasteiger partial charge is 0.395 e. The number of hydrogen-bond donors (Lipinski definition) is 3. The molecule has 1 spiro atoms. The van der Waals surface area contributed by atoms with Crippen molar-refractivity contribution < 1.29 is 24.2 Å². The Bertz CT molecular complexity index is 1180. The second-order valence-corrected chi connectivity index (χ2v) is 11.1. The molecule has 36 heavy (non-hydrogen) atoms. The lowest BCUT2D eigenvalue weighted by molar-refractivity contribution is -0.141. The standard InChI is InChI=1S/C26H27BrClN3O5/c1-14-6-5-9-17(28)20(14)30-24(34)22-26-12-16(27)21(36-26)18(19(26)25(35)31(22)10-11-32)23(33)29-13-15-7-3-2-4-8-15/h2-9,16,18-19,21-22,32H,10-13H2,1H3,(H,29,33)(H,30,34)/t16?,18-,19-,21-,22?,26?/m0/s1. The van der Waals surface area contributed by atoms with E-state index < -0.39 is 35.5 Å². The first kappa shape index (κ1) is 25.2. The number of likely N-dealkylation sites (tertiary alicyclic amines) is 1. The van der Waals surface area contributed by atoms with Gasteiger partial charge in [0.25, 0.3) is 0 Å². The Morgan fingerprint density at radius 2 is 1.94 bits per heavy atom. The van der Waals surface area contributed by atoms with Gasteiger partial charge in [0.1, 0.15) is 11.6 Å². The minimum atomic E-state index is -1.20. The third-order valence-electron chi connectivity index (χ3n) is 7.46. The Kier molecular flexibility index (Phi) is 6.84. The summed E-state index contributed by atoms with van der Waals surface area (Å²) in [5, 5.41) is 15.9. The van der Waals surface area contributed by atoms with E-state index in [2.05, 4.69) is 26.6 Å². The molecule has 8 nitrogen and oxygen atoms in total. The molecule has 3 N–H and O–H groups in total. The van der Waals surface area contributed by atoms with E-state index in [9.17, 15) is 19.5 Å². The molecule has 2 bridgehead atoms. The van der Waals surface area contributed by atoms with Crippen LogP contribution in [-0.4, -0.2) is 63.5 Å². The van der Waals surface area contributed by atoms with Crippen molar-refractivity contribution in [1.82, 2.24) is 10.2 Å². The number of hydrogen-bond acceptors (Lipinski definition) is 5. The number of nitrogens with one attached hydrogen (secondary N) is 2. The van der Waals surface area contributed by atoms with Crippen LogP contribution in [0.2, 0.25) is 5.02 Å². The minimum absolute atomic E-state index is 0.0456.